The fraction of sp³-hybridized carbons (Fsp3) is 0.150. The third-order valence-electron chi connectivity index (χ3n) is 3.93. The first-order chi connectivity index (χ1) is 14.3. The standard InChI is InChI=1S/C20H19N3O5S2/c1-3-28-19(25)14-9-11-15(12-10-14)22-18(24)17-13(2)21-20(29-17)23-30(26,27)16-7-5-4-6-8-16/h4-12H,3H2,1-2H3,(H,21,23)(H,22,24). The van der Waals surface area contributed by atoms with Crippen LogP contribution in [0.5, 0.6) is 0 Å². The summed E-state index contributed by atoms with van der Waals surface area (Å²) in [6.07, 6.45) is 0. The number of carbonyl (C=O) groups excluding carboxylic acids is 2. The molecule has 3 aromatic rings. The highest BCUT2D eigenvalue weighted by atomic mass is 32.2. The first kappa shape index (κ1) is 21.5. The van der Waals surface area contributed by atoms with Crippen LogP contribution < -0.4 is 10.0 Å². The molecular weight excluding hydrogens is 426 g/mol. The zero-order valence-corrected chi connectivity index (χ0v) is 17.8. The smallest absolute Gasteiger partial charge is 0.338 e. The van der Waals surface area contributed by atoms with Gasteiger partial charge in [-0.2, -0.15) is 0 Å². The van der Waals surface area contributed by atoms with Crippen molar-refractivity contribution in [1.29, 1.82) is 0 Å². The van der Waals surface area contributed by atoms with Gasteiger partial charge in [0.1, 0.15) is 4.88 Å². The Labute approximate surface area is 178 Å². The van der Waals surface area contributed by atoms with Crippen molar-refractivity contribution >= 4 is 44.1 Å². The Morgan fingerprint density at radius 1 is 1.07 bits per heavy atom. The summed E-state index contributed by atoms with van der Waals surface area (Å²) in [5, 5.41) is 2.80. The topological polar surface area (TPSA) is 114 Å². The van der Waals surface area contributed by atoms with Gasteiger partial charge in [0, 0.05) is 5.69 Å². The summed E-state index contributed by atoms with van der Waals surface area (Å²) in [6.45, 7) is 3.62. The van der Waals surface area contributed by atoms with Crippen LogP contribution in [0, 0.1) is 6.92 Å². The van der Waals surface area contributed by atoms with Crippen LogP contribution >= 0.6 is 11.3 Å². The number of esters is 1. The Bertz CT molecular complexity index is 1160. The molecule has 0 fully saturated rings. The lowest BCUT2D eigenvalue weighted by atomic mass is 10.2. The second kappa shape index (κ2) is 9.06. The summed E-state index contributed by atoms with van der Waals surface area (Å²) in [6, 6.07) is 14.2. The zero-order chi connectivity index (χ0) is 21.7. The largest absolute Gasteiger partial charge is 0.462 e. The maximum atomic E-state index is 12.6. The Kier molecular flexibility index (Phi) is 6.48. The van der Waals surface area contributed by atoms with Gasteiger partial charge in [0.15, 0.2) is 5.13 Å². The first-order valence-electron chi connectivity index (χ1n) is 8.94. The molecule has 2 aromatic carbocycles. The molecule has 0 aliphatic heterocycles. The summed E-state index contributed by atoms with van der Waals surface area (Å²) < 4.78 is 32.2. The number of benzene rings is 2. The minimum absolute atomic E-state index is 0.0964. The van der Waals surface area contributed by atoms with E-state index in [1.54, 1.807) is 56.3 Å². The molecular formula is C20H19N3O5S2. The Morgan fingerprint density at radius 2 is 1.73 bits per heavy atom. The maximum absolute atomic E-state index is 12.6. The molecule has 0 spiro atoms. The molecule has 0 unspecified atom stereocenters. The molecule has 0 saturated heterocycles. The van der Waals surface area contributed by atoms with Gasteiger partial charge < -0.3 is 10.1 Å². The number of hydrogen-bond acceptors (Lipinski definition) is 7. The minimum Gasteiger partial charge on any atom is -0.462 e. The fourth-order valence-electron chi connectivity index (χ4n) is 2.52. The molecule has 1 aromatic heterocycles. The lowest BCUT2D eigenvalue weighted by Crippen LogP contribution is -2.12. The molecule has 0 aliphatic carbocycles. The SMILES string of the molecule is CCOC(=O)c1ccc(NC(=O)c2sc(NS(=O)(=O)c3ccccc3)nc2C)cc1. The van der Waals surface area contributed by atoms with Crippen molar-refractivity contribution in [3.05, 3.63) is 70.7 Å². The average molecular weight is 446 g/mol. The van der Waals surface area contributed by atoms with Gasteiger partial charge in [0.2, 0.25) is 0 Å². The number of rotatable bonds is 7. The van der Waals surface area contributed by atoms with E-state index in [9.17, 15) is 18.0 Å². The van der Waals surface area contributed by atoms with E-state index in [-0.39, 0.29) is 21.5 Å². The van der Waals surface area contributed by atoms with Gasteiger partial charge in [-0.3, -0.25) is 9.52 Å². The van der Waals surface area contributed by atoms with E-state index in [1.165, 1.54) is 12.1 Å². The molecule has 1 heterocycles. The van der Waals surface area contributed by atoms with Crippen molar-refractivity contribution in [2.24, 2.45) is 0 Å². The van der Waals surface area contributed by atoms with Crippen LogP contribution in [-0.2, 0) is 14.8 Å². The van der Waals surface area contributed by atoms with E-state index in [0.29, 0.717) is 16.9 Å². The molecule has 2 N–H and O–H groups in total. The van der Waals surface area contributed by atoms with Crippen molar-refractivity contribution in [2.45, 2.75) is 18.7 Å². The Balaban J connectivity index is 1.72. The van der Waals surface area contributed by atoms with Crippen LogP contribution in [0.4, 0.5) is 10.8 Å². The number of nitrogens with one attached hydrogen (secondary N) is 2. The number of ether oxygens (including phenoxy) is 1. The molecule has 0 aliphatic rings. The van der Waals surface area contributed by atoms with Crippen LogP contribution in [0.1, 0.15) is 32.6 Å². The van der Waals surface area contributed by atoms with Gasteiger partial charge in [0.05, 0.1) is 22.8 Å². The van der Waals surface area contributed by atoms with E-state index < -0.39 is 21.9 Å². The molecule has 10 heteroatoms. The van der Waals surface area contributed by atoms with Crippen LogP contribution in [0.2, 0.25) is 0 Å². The molecule has 3 rings (SSSR count). The lowest BCUT2D eigenvalue weighted by molar-refractivity contribution is 0.0526. The number of hydrogen-bond donors (Lipinski definition) is 2. The number of aryl methyl sites for hydroxylation is 1. The van der Waals surface area contributed by atoms with Crippen molar-refractivity contribution < 1.29 is 22.7 Å². The third-order valence-corrected chi connectivity index (χ3v) is 6.49. The minimum atomic E-state index is -3.80. The molecule has 8 nitrogen and oxygen atoms in total. The van der Waals surface area contributed by atoms with Crippen LogP contribution in [0.25, 0.3) is 0 Å². The van der Waals surface area contributed by atoms with E-state index >= 15 is 0 Å². The van der Waals surface area contributed by atoms with Crippen molar-refractivity contribution in [1.82, 2.24) is 4.98 Å². The second-order valence-corrected chi connectivity index (χ2v) is 8.79. The summed E-state index contributed by atoms with van der Waals surface area (Å²) in [7, 11) is -3.80. The maximum Gasteiger partial charge on any atom is 0.338 e. The number of amides is 1. The molecule has 30 heavy (non-hydrogen) atoms. The molecule has 0 atom stereocenters. The monoisotopic (exact) mass is 445 g/mol. The second-order valence-electron chi connectivity index (χ2n) is 6.10. The quantitative estimate of drug-likeness (QED) is 0.536. The van der Waals surface area contributed by atoms with E-state index in [4.69, 9.17) is 4.74 Å². The van der Waals surface area contributed by atoms with Gasteiger partial charge in [0.25, 0.3) is 15.9 Å². The van der Waals surface area contributed by atoms with Gasteiger partial charge in [-0.25, -0.2) is 18.2 Å². The van der Waals surface area contributed by atoms with Crippen molar-refractivity contribution in [2.75, 3.05) is 16.6 Å². The molecule has 1 amide bonds. The zero-order valence-electron chi connectivity index (χ0n) is 16.2. The normalized spacial score (nSPS) is 11.0. The highest BCUT2D eigenvalue weighted by Gasteiger charge is 2.20. The summed E-state index contributed by atoms with van der Waals surface area (Å²) in [5.41, 5.74) is 1.25. The van der Waals surface area contributed by atoms with Crippen LogP contribution in [0.15, 0.2) is 59.5 Å². The van der Waals surface area contributed by atoms with Gasteiger partial charge in [-0.1, -0.05) is 29.5 Å². The van der Waals surface area contributed by atoms with E-state index in [0.717, 1.165) is 11.3 Å². The summed E-state index contributed by atoms with van der Waals surface area (Å²) in [5.74, 6) is -0.872. The van der Waals surface area contributed by atoms with Crippen molar-refractivity contribution in [3.63, 3.8) is 0 Å². The third kappa shape index (κ3) is 5.02. The predicted molar refractivity (Wildman–Crippen MR) is 114 cm³/mol. The van der Waals surface area contributed by atoms with Gasteiger partial charge in [-0.05, 0) is 50.2 Å². The highest BCUT2D eigenvalue weighted by Crippen LogP contribution is 2.26. The highest BCUT2D eigenvalue weighted by molar-refractivity contribution is 7.93. The fourth-order valence-corrected chi connectivity index (χ4v) is 4.63. The van der Waals surface area contributed by atoms with Crippen LogP contribution in [0.3, 0.4) is 0 Å². The Morgan fingerprint density at radius 3 is 2.37 bits per heavy atom. The first-order valence-corrected chi connectivity index (χ1v) is 11.2. The molecule has 156 valence electrons. The molecule has 0 bridgehead atoms. The number of carbonyl (C=O) groups is 2. The Hall–Kier alpha value is -3.24. The van der Waals surface area contributed by atoms with Gasteiger partial charge in [-0.15, -0.1) is 0 Å². The summed E-state index contributed by atoms with van der Waals surface area (Å²) in [4.78, 5) is 28.8. The van der Waals surface area contributed by atoms with E-state index in [2.05, 4.69) is 15.0 Å². The number of nitrogens with zero attached hydrogens (tertiary/aromatic N) is 1. The summed E-state index contributed by atoms with van der Waals surface area (Å²) >= 11 is 0.935. The molecule has 0 radical (unpaired) electrons. The molecule has 0 saturated carbocycles. The number of aromatic nitrogens is 1. The predicted octanol–water partition coefficient (Wildman–Crippen LogP) is 3.68. The number of sulfonamides is 1. The lowest BCUT2D eigenvalue weighted by Gasteiger charge is -2.06. The van der Waals surface area contributed by atoms with Crippen molar-refractivity contribution in [3.8, 4) is 0 Å². The number of anilines is 2. The van der Waals surface area contributed by atoms with E-state index in [1.807, 2.05) is 0 Å². The number of thiazole rings is 1. The average Bonchev–Trinajstić information content (AvgIpc) is 3.09. The van der Waals surface area contributed by atoms with Gasteiger partial charge >= 0.3 is 5.97 Å². The van der Waals surface area contributed by atoms with Crippen LogP contribution in [-0.4, -0.2) is 31.9 Å².